The van der Waals surface area contributed by atoms with Gasteiger partial charge in [-0.25, -0.2) is 4.79 Å². The van der Waals surface area contributed by atoms with Crippen molar-refractivity contribution in [1.82, 2.24) is 0 Å². The highest BCUT2D eigenvalue weighted by atomic mass is 16.6. The van der Waals surface area contributed by atoms with Gasteiger partial charge in [-0.15, -0.1) is 0 Å². The van der Waals surface area contributed by atoms with Crippen molar-refractivity contribution in [3.63, 3.8) is 0 Å². The minimum absolute atomic E-state index is 0.0117. The fourth-order valence-corrected chi connectivity index (χ4v) is 3.81. The van der Waals surface area contributed by atoms with Gasteiger partial charge in [-0.05, 0) is 51.7 Å². The molecular weight excluding hydrogens is 288 g/mol. The summed E-state index contributed by atoms with van der Waals surface area (Å²) in [4.78, 5) is 10.6. The van der Waals surface area contributed by atoms with Gasteiger partial charge in [-0.2, -0.15) is 0 Å². The summed E-state index contributed by atoms with van der Waals surface area (Å²) in [5.41, 5.74) is 1.85. The Morgan fingerprint density at radius 2 is 1.78 bits per heavy atom. The summed E-state index contributed by atoms with van der Waals surface area (Å²) in [5, 5.41) is 8.68. The molecule has 0 bridgehead atoms. The number of epoxide rings is 1. The molecule has 0 spiro atoms. The van der Waals surface area contributed by atoms with E-state index >= 15 is 0 Å². The molecule has 2 rings (SSSR count). The van der Waals surface area contributed by atoms with E-state index in [1.807, 2.05) is 19.1 Å². The summed E-state index contributed by atoms with van der Waals surface area (Å²) in [6.07, 6.45) is 14.8. The molecule has 1 aliphatic carbocycles. The molecule has 0 aromatic carbocycles. The molecule has 1 saturated carbocycles. The van der Waals surface area contributed by atoms with Gasteiger partial charge in [-0.1, -0.05) is 43.7 Å². The van der Waals surface area contributed by atoms with Crippen molar-refractivity contribution in [2.45, 2.75) is 65.1 Å². The van der Waals surface area contributed by atoms with Crippen LogP contribution in [0.15, 0.2) is 47.6 Å². The van der Waals surface area contributed by atoms with Gasteiger partial charge in [0.1, 0.15) is 5.60 Å². The van der Waals surface area contributed by atoms with Gasteiger partial charge in [0, 0.05) is 11.5 Å². The second kappa shape index (κ2) is 6.12. The molecule has 1 saturated heterocycles. The van der Waals surface area contributed by atoms with E-state index in [1.54, 1.807) is 13.0 Å². The summed E-state index contributed by atoms with van der Waals surface area (Å²) < 4.78 is 6.20. The third kappa shape index (κ3) is 3.50. The van der Waals surface area contributed by atoms with Crippen molar-refractivity contribution in [2.75, 3.05) is 0 Å². The Balaban J connectivity index is 2.07. The monoisotopic (exact) mass is 316 g/mol. The smallest absolute Gasteiger partial charge is 0.328 e. The maximum Gasteiger partial charge on any atom is 0.328 e. The van der Waals surface area contributed by atoms with Gasteiger partial charge in [0.2, 0.25) is 0 Å². The molecule has 1 aliphatic heterocycles. The Bertz CT molecular complexity index is 606. The Kier molecular flexibility index (Phi) is 4.72. The van der Waals surface area contributed by atoms with Crippen LogP contribution in [0.5, 0.6) is 0 Å². The molecule has 2 unspecified atom stereocenters. The molecule has 2 fully saturated rings. The zero-order valence-electron chi connectivity index (χ0n) is 14.8. The first-order chi connectivity index (χ1) is 10.6. The average Bonchev–Trinajstić information content (AvgIpc) is 3.03. The van der Waals surface area contributed by atoms with Gasteiger partial charge >= 0.3 is 5.97 Å². The predicted molar refractivity (Wildman–Crippen MR) is 93.3 cm³/mol. The third-order valence-electron chi connectivity index (χ3n) is 5.24. The number of ether oxygens (including phenoxy) is 1. The fraction of sp³-hybridized carbons (Fsp3) is 0.550. The Hall–Kier alpha value is -1.61. The molecule has 1 N–H and O–H groups in total. The number of aliphatic carboxylic acids is 1. The minimum atomic E-state index is -0.920. The van der Waals surface area contributed by atoms with Crippen LogP contribution in [-0.2, 0) is 9.53 Å². The number of allylic oxidation sites excluding steroid dienone is 6. The summed E-state index contributed by atoms with van der Waals surface area (Å²) in [6.45, 7) is 10.6. The lowest BCUT2D eigenvalue weighted by atomic mass is 9.64. The lowest BCUT2D eigenvalue weighted by Crippen LogP contribution is -2.41. The highest BCUT2D eigenvalue weighted by Crippen LogP contribution is 2.66. The van der Waals surface area contributed by atoms with Gasteiger partial charge in [0.25, 0.3) is 0 Å². The molecular formula is C20H28O3. The van der Waals surface area contributed by atoms with Crippen molar-refractivity contribution in [2.24, 2.45) is 5.41 Å². The van der Waals surface area contributed by atoms with E-state index in [2.05, 4.69) is 32.9 Å². The van der Waals surface area contributed by atoms with Gasteiger partial charge in [0.15, 0.2) is 0 Å². The van der Waals surface area contributed by atoms with Crippen molar-refractivity contribution < 1.29 is 14.6 Å². The van der Waals surface area contributed by atoms with Crippen LogP contribution in [-0.4, -0.2) is 22.3 Å². The SMILES string of the molecule is CC(/C=C/C12OC1(C)CCCC2(C)C)=C\C=C\C(C)=C\C(=O)O. The number of carbonyl (C=O) groups is 1. The van der Waals surface area contributed by atoms with Gasteiger partial charge < -0.3 is 9.84 Å². The average molecular weight is 316 g/mol. The zero-order valence-corrected chi connectivity index (χ0v) is 14.8. The number of carboxylic acid groups (broad SMARTS) is 1. The van der Waals surface area contributed by atoms with Crippen LogP contribution >= 0.6 is 0 Å². The predicted octanol–water partition coefficient (Wildman–Crippen LogP) is 4.81. The highest BCUT2D eigenvalue weighted by molar-refractivity contribution is 5.81. The maximum absolute atomic E-state index is 10.6. The highest BCUT2D eigenvalue weighted by Gasteiger charge is 2.73. The largest absolute Gasteiger partial charge is 0.478 e. The van der Waals surface area contributed by atoms with Gasteiger partial charge in [-0.3, -0.25) is 0 Å². The standard InChI is InChI=1S/C20H28O3/c1-15(8-6-9-16(2)14-17(21)22)10-13-20-18(3,4)11-7-12-19(20,5)23-20/h6,8-10,13-14H,7,11-12H2,1-5H3,(H,21,22)/b9-6+,13-10+,15-8+,16-14+. The summed E-state index contributed by atoms with van der Waals surface area (Å²) in [5.74, 6) is -0.920. The second-order valence-corrected chi connectivity index (χ2v) is 7.64. The van der Waals surface area contributed by atoms with E-state index in [1.165, 1.54) is 18.9 Å². The van der Waals surface area contributed by atoms with Crippen LogP contribution in [0, 0.1) is 5.41 Å². The van der Waals surface area contributed by atoms with Crippen LogP contribution in [0.2, 0.25) is 0 Å². The van der Waals surface area contributed by atoms with Crippen molar-refractivity contribution in [1.29, 1.82) is 0 Å². The van der Waals surface area contributed by atoms with Crippen LogP contribution in [0.25, 0.3) is 0 Å². The van der Waals surface area contributed by atoms with Crippen molar-refractivity contribution >= 4 is 5.97 Å². The second-order valence-electron chi connectivity index (χ2n) is 7.64. The molecule has 3 nitrogen and oxygen atoms in total. The quantitative estimate of drug-likeness (QED) is 0.450. The summed E-state index contributed by atoms with van der Waals surface area (Å²) in [6, 6.07) is 0. The first-order valence-corrected chi connectivity index (χ1v) is 8.28. The normalized spacial score (nSPS) is 34.0. The fourth-order valence-electron chi connectivity index (χ4n) is 3.81. The molecule has 0 aromatic rings. The summed E-state index contributed by atoms with van der Waals surface area (Å²) >= 11 is 0. The maximum atomic E-state index is 10.6. The van der Waals surface area contributed by atoms with Crippen LogP contribution in [0.3, 0.4) is 0 Å². The molecule has 126 valence electrons. The molecule has 0 aromatic heterocycles. The van der Waals surface area contributed by atoms with E-state index in [9.17, 15) is 4.79 Å². The number of rotatable bonds is 5. The number of hydrogen-bond acceptors (Lipinski definition) is 2. The van der Waals surface area contributed by atoms with E-state index < -0.39 is 5.97 Å². The van der Waals surface area contributed by atoms with Gasteiger partial charge in [0.05, 0.1) is 5.60 Å². The number of hydrogen-bond donors (Lipinski definition) is 1. The van der Waals surface area contributed by atoms with E-state index in [-0.39, 0.29) is 16.6 Å². The first-order valence-electron chi connectivity index (χ1n) is 8.28. The van der Waals surface area contributed by atoms with Crippen LogP contribution < -0.4 is 0 Å². The van der Waals surface area contributed by atoms with Crippen molar-refractivity contribution in [3.05, 3.63) is 47.6 Å². The Morgan fingerprint density at radius 1 is 1.09 bits per heavy atom. The van der Waals surface area contributed by atoms with Crippen LogP contribution in [0.1, 0.15) is 53.9 Å². The zero-order chi connectivity index (χ0) is 17.3. The van der Waals surface area contributed by atoms with E-state index in [4.69, 9.17) is 9.84 Å². The Morgan fingerprint density at radius 3 is 2.39 bits per heavy atom. The lowest BCUT2D eigenvalue weighted by Gasteiger charge is -2.36. The number of fused-ring (bicyclic) bond motifs is 1. The molecule has 2 aliphatic rings. The molecule has 3 heteroatoms. The molecule has 1 heterocycles. The molecule has 2 atom stereocenters. The summed E-state index contributed by atoms with van der Waals surface area (Å²) in [7, 11) is 0. The van der Waals surface area contributed by atoms with E-state index in [0.717, 1.165) is 17.6 Å². The van der Waals surface area contributed by atoms with E-state index in [0.29, 0.717) is 0 Å². The lowest BCUT2D eigenvalue weighted by molar-refractivity contribution is -0.131. The molecule has 0 radical (unpaired) electrons. The first kappa shape index (κ1) is 17.7. The van der Waals surface area contributed by atoms with Crippen molar-refractivity contribution in [3.8, 4) is 0 Å². The third-order valence-corrected chi connectivity index (χ3v) is 5.24. The number of carboxylic acids is 1. The minimum Gasteiger partial charge on any atom is -0.478 e. The van der Waals surface area contributed by atoms with Crippen LogP contribution in [0.4, 0.5) is 0 Å². The Labute approximate surface area is 139 Å². The molecule has 0 amide bonds. The molecule has 23 heavy (non-hydrogen) atoms. The topological polar surface area (TPSA) is 49.8 Å².